The molecule has 4 aromatic rings. The van der Waals surface area contributed by atoms with Crippen molar-refractivity contribution in [2.75, 3.05) is 6.54 Å². The number of carbonyl (C=O) groups is 1. The topological polar surface area (TPSA) is 46.3 Å². The van der Waals surface area contributed by atoms with Gasteiger partial charge in [-0.3, -0.25) is 4.79 Å². The maximum Gasteiger partial charge on any atom is 0.254 e. The van der Waals surface area contributed by atoms with Gasteiger partial charge in [0.1, 0.15) is 11.6 Å². The van der Waals surface area contributed by atoms with Crippen molar-refractivity contribution in [1.29, 1.82) is 0 Å². The molecule has 0 radical (unpaired) electrons. The van der Waals surface area contributed by atoms with E-state index in [1.807, 2.05) is 35.2 Å². The highest BCUT2D eigenvalue weighted by molar-refractivity contribution is 9.10. The van der Waals surface area contributed by atoms with Crippen LogP contribution in [0, 0.1) is 6.92 Å². The van der Waals surface area contributed by atoms with Crippen LogP contribution in [0.1, 0.15) is 40.7 Å². The number of rotatable bonds is 3. The number of oxazole rings is 1. The maximum absolute atomic E-state index is 13.1. The van der Waals surface area contributed by atoms with Crippen molar-refractivity contribution in [3.05, 3.63) is 88.2 Å². The Labute approximate surface area is 183 Å². The smallest absolute Gasteiger partial charge is 0.254 e. The Morgan fingerprint density at radius 1 is 1.07 bits per heavy atom. The van der Waals surface area contributed by atoms with Crippen molar-refractivity contribution in [2.24, 2.45) is 0 Å². The molecule has 0 unspecified atom stereocenters. The van der Waals surface area contributed by atoms with Crippen LogP contribution in [0.15, 0.2) is 75.6 Å². The van der Waals surface area contributed by atoms with Gasteiger partial charge in [0.05, 0.1) is 0 Å². The lowest BCUT2D eigenvalue weighted by atomic mass is 10.0. The molecular weight excluding hydrogens is 440 g/mol. The predicted molar refractivity (Wildman–Crippen MR) is 121 cm³/mol. The second-order valence-corrected chi connectivity index (χ2v) is 8.68. The third kappa shape index (κ3) is 3.54. The van der Waals surface area contributed by atoms with Crippen molar-refractivity contribution in [3.8, 4) is 11.1 Å². The predicted octanol–water partition coefficient (Wildman–Crippen LogP) is 6.54. The SMILES string of the molecule is Cc1cccc(-c2ccc3oc([C@H]4CCCN4C(=O)c4ccc(Br)cc4)nc3c2)c1. The summed E-state index contributed by atoms with van der Waals surface area (Å²) in [5.41, 5.74) is 5.76. The van der Waals surface area contributed by atoms with Gasteiger partial charge >= 0.3 is 0 Å². The summed E-state index contributed by atoms with van der Waals surface area (Å²) in [5, 5.41) is 0. The lowest BCUT2D eigenvalue weighted by Gasteiger charge is -2.22. The van der Waals surface area contributed by atoms with Gasteiger partial charge in [-0.05, 0) is 67.3 Å². The van der Waals surface area contributed by atoms with Crippen LogP contribution in [-0.2, 0) is 0 Å². The van der Waals surface area contributed by atoms with Crippen molar-refractivity contribution in [3.63, 3.8) is 0 Å². The number of hydrogen-bond donors (Lipinski definition) is 0. The largest absolute Gasteiger partial charge is 0.438 e. The highest BCUT2D eigenvalue weighted by Crippen LogP contribution is 2.35. The van der Waals surface area contributed by atoms with Gasteiger partial charge in [-0.2, -0.15) is 0 Å². The zero-order valence-corrected chi connectivity index (χ0v) is 18.2. The van der Waals surface area contributed by atoms with E-state index in [1.54, 1.807) is 0 Å². The molecular formula is C25H21BrN2O2. The number of aryl methyl sites for hydroxylation is 1. The van der Waals surface area contributed by atoms with Gasteiger partial charge in [-0.25, -0.2) is 4.98 Å². The number of likely N-dealkylation sites (tertiary alicyclic amines) is 1. The average molecular weight is 461 g/mol. The molecule has 1 fully saturated rings. The second-order valence-electron chi connectivity index (χ2n) is 7.77. The molecule has 1 saturated heterocycles. The number of carbonyl (C=O) groups excluding carboxylic acids is 1. The van der Waals surface area contributed by atoms with Crippen LogP contribution in [0.25, 0.3) is 22.2 Å². The Kier molecular flexibility index (Phi) is 4.91. The third-order valence-electron chi connectivity index (χ3n) is 5.65. The number of halogens is 1. The minimum atomic E-state index is -0.129. The summed E-state index contributed by atoms with van der Waals surface area (Å²) in [5.74, 6) is 0.641. The van der Waals surface area contributed by atoms with E-state index < -0.39 is 0 Å². The van der Waals surface area contributed by atoms with Crippen LogP contribution in [0.3, 0.4) is 0 Å². The highest BCUT2D eigenvalue weighted by Gasteiger charge is 2.34. The van der Waals surface area contributed by atoms with E-state index in [9.17, 15) is 4.79 Å². The summed E-state index contributed by atoms with van der Waals surface area (Å²) in [4.78, 5) is 19.7. The standard InChI is InChI=1S/C25H21BrN2O2/c1-16-4-2-5-18(14-16)19-9-12-23-21(15-19)27-24(30-23)22-6-3-13-28(22)25(29)17-7-10-20(26)11-8-17/h2,4-5,7-12,14-15,22H,3,6,13H2,1H3/t22-/m1/s1. The molecule has 5 heteroatoms. The molecule has 0 saturated carbocycles. The number of hydrogen-bond acceptors (Lipinski definition) is 3. The van der Waals surface area contributed by atoms with Crippen molar-refractivity contribution in [1.82, 2.24) is 9.88 Å². The summed E-state index contributed by atoms with van der Waals surface area (Å²) in [6, 6.07) is 21.9. The number of amides is 1. The molecule has 30 heavy (non-hydrogen) atoms. The molecule has 1 amide bonds. The summed E-state index contributed by atoms with van der Waals surface area (Å²) in [7, 11) is 0. The molecule has 4 nitrogen and oxygen atoms in total. The molecule has 0 bridgehead atoms. The van der Waals surface area contributed by atoms with Gasteiger partial charge in [-0.1, -0.05) is 51.8 Å². The first kappa shape index (κ1) is 19.1. The zero-order chi connectivity index (χ0) is 20.7. The van der Waals surface area contributed by atoms with Crippen LogP contribution >= 0.6 is 15.9 Å². The summed E-state index contributed by atoms with van der Waals surface area (Å²) >= 11 is 3.42. The molecule has 0 spiro atoms. The third-order valence-corrected chi connectivity index (χ3v) is 6.17. The lowest BCUT2D eigenvalue weighted by molar-refractivity contribution is 0.0717. The maximum atomic E-state index is 13.1. The van der Waals surface area contributed by atoms with Gasteiger partial charge in [-0.15, -0.1) is 0 Å². The quantitative estimate of drug-likeness (QED) is 0.348. The molecule has 1 aliphatic heterocycles. The minimum absolute atomic E-state index is 0.0210. The van der Waals surface area contributed by atoms with Crippen molar-refractivity contribution >= 4 is 32.9 Å². The summed E-state index contributed by atoms with van der Waals surface area (Å²) < 4.78 is 7.05. The van der Waals surface area contributed by atoms with E-state index in [0.717, 1.165) is 39.5 Å². The molecule has 3 aromatic carbocycles. The Hall–Kier alpha value is -2.92. The average Bonchev–Trinajstić information content (AvgIpc) is 3.40. The zero-order valence-electron chi connectivity index (χ0n) is 16.6. The first-order chi connectivity index (χ1) is 14.6. The fraction of sp³-hybridized carbons (Fsp3) is 0.200. The van der Waals surface area contributed by atoms with Crippen LogP contribution in [0.4, 0.5) is 0 Å². The van der Waals surface area contributed by atoms with Gasteiger partial charge in [0.2, 0.25) is 5.89 Å². The van der Waals surface area contributed by atoms with Crippen LogP contribution in [0.5, 0.6) is 0 Å². The van der Waals surface area contributed by atoms with Crippen LogP contribution in [0.2, 0.25) is 0 Å². The number of fused-ring (bicyclic) bond motifs is 1. The van der Waals surface area contributed by atoms with Gasteiger partial charge in [0.15, 0.2) is 5.58 Å². The molecule has 1 atom stereocenters. The summed E-state index contributed by atoms with van der Waals surface area (Å²) in [6.07, 6.45) is 1.81. The Morgan fingerprint density at radius 2 is 1.87 bits per heavy atom. The molecule has 5 rings (SSSR count). The Bertz CT molecular complexity index is 1230. The number of benzene rings is 3. The van der Waals surface area contributed by atoms with E-state index in [2.05, 4.69) is 59.3 Å². The number of nitrogens with zero attached hydrogens (tertiary/aromatic N) is 2. The van der Waals surface area contributed by atoms with E-state index in [4.69, 9.17) is 9.40 Å². The fourth-order valence-electron chi connectivity index (χ4n) is 4.12. The second kappa shape index (κ2) is 7.73. The first-order valence-electron chi connectivity index (χ1n) is 10.1. The molecule has 1 aromatic heterocycles. The monoisotopic (exact) mass is 460 g/mol. The first-order valence-corrected chi connectivity index (χ1v) is 10.9. The molecule has 0 aliphatic carbocycles. The molecule has 0 N–H and O–H groups in total. The number of aromatic nitrogens is 1. The lowest BCUT2D eigenvalue weighted by Crippen LogP contribution is -2.30. The highest BCUT2D eigenvalue weighted by atomic mass is 79.9. The normalized spacial score (nSPS) is 16.3. The summed E-state index contributed by atoms with van der Waals surface area (Å²) in [6.45, 7) is 2.81. The fourth-order valence-corrected chi connectivity index (χ4v) is 4.38. The van der Waals surface area contributed by atoms with E-state index in [0.29, 0.717) is 18.0 Å². The van der Waals surface area contributed by atoms with E-state index in [-0.39, 0.29) is 11.9 Å². The molecule has 1 aliphatic rings. The van der Waals surface area contributed by atoms with E-state index >= 15 is 0 Å². The van der Waals surface area contributed by atoms with Gasteiger partial charge in [0.25, 0.3) is 5.91 Å². The van der Waals surface area contributed by atoms with Crippen LogP contribution < -0.4 is 0 Å². The van der Waals surface area contributed by atoms with E-state index in [1.165, 1.54) is 5.56 Å². The van der Waals surface area contributed by atoms with Crippen molar-refractivity contribution in [2.45, 2.75) is 25.8 Å². The Morgan fingerprint density at radius 3 is 2.67 bits per heavy atom. The van der Waals surface area contributed by atoms with Crippen LogP contribution in [-0.4, -0.2) is 22.3 Å². The van der Waals surface area contributed by atoms with Gasteiger partial charge in [0, 0.05) is 16.6 Å². The van der Waals surface area contributed by atoms with Gasteiger partial charge < -0.3 is 9.32 Å². The van der Waals surface area contributed by atoms with Crippen molar-refractivity contribution < 1.29 is 9.21 Å². The Balaban J connectivity index is 1.46. The molecule has 150 valence electrons. The molecule has 2 heterocycles. The minimum Gasteiger partial charge on any atom is -0.438 e.